The molecule has 7 heteroatoms. The average Bonchev–Trinajstić information content (AvgIpc) is 2.68. The highest BCUT2D eigenvalue weighted by Crippen LogP contribution is 2.46. The van der Waals surface area contributed by atoms with Crippen molar-refractivity contribution in [1.82, 2.24) is 5.09 Å². The molecular weight excluding hydrogens is 389 g/mol. The van der Waals surface area contributed by atoms with Crippen molar-refractivity contribution in [3.63, 3.8) is 0 Å². The molecule has 0 aliphatic carbocycles. The number of carbonyl (C=O) groups is 1. The lowest BCUT2D eigenvalue weighted by Crippen LogP contribution is -2.36. The van der Waals surface area contributed by atoms with Gasteiger partial charge in [-0.2, -0.15) is 0 Å². The van der Waals surface area contributed by atoms with Gasteiger partial charge in [-0.15, -0.1) is 0 Å². The Hall–Kier alpha value is -1.36. The zero-order chi connectivity index (χ0) is 21.9. The van der Waals surface area contributed by atoms with E-state index in [9.17, 15) is 9.36 Å². The molecule has 166 valence electrons. The van der Waals surface area contributed by atoms with E-state index in [0.29, 0.717) is 12.4 Å². The predicted molar refractivity (Wildman–Crippen MR) is 118 cm³/mol. The van der Waals surface area contributed by atoms with E-state index in [1.54, 1.807) is 6.92 Å². The molecule has 0 aliphatic heterocycles. The van der Waals surface area contributed by atoms with E-state index in [2.05, 4.69) is 18.9 Å². The third-order valence-electron chi connectivity index (χ3n) is 4.71. The predicted octanol–water partition coefficient (Wildman–Crippen LogP) is 5.33. The van der Waals surface area contributed by atoms with Gasteiger partial charge in [0.05, 0.1) is 6.61 Å². The van der Waals surface area contributed by atoms with Crippen LogP contribution >= 0.6 is 7.52 Å². The second-order valence-corrected chi connectivity index (χ2v) is 9.63. The number of aryl methyl sites for hydroxylation is 2. The van der Waals surface area contributed by atoms with Crippen LogP contribution in [0.3, 0.4) is 0 Å². The zero-order valence-corrected chi connectivity index (χ0v) is 19.7. The third kappa shape index (κ3) is 8.49. The molecule has 6 nitrogen and oxygen atoms in total. The topological polar surface area (TPSA) is 73.9 Å². The first-order chi connectivity index (χ1) is 13.8. The van der Waals surface area contributed by atoms with Crippen LogP contribution in [0.1, 0.15) is 65.0 Å². The molecule has 1 N–H and O–H groups in total. The fourth-order valence-electron chi connectivity index (χ4n) is 2.91. The van der Waals surface area contributed by atoms with Gasteiger partial charge in [-0.3, -0.25) is 9.36 Å². The van der Waals surface area contributed by atoms with E-state index >= 15 is 0 Å². The van der Waals surface area contributed by atoms with E-state index in [0.717, 1.165) is 43.2 Å². The molecule has 0 spiro atoms. The van der Waals surface area contributed by atoms with Crippen LogP contribution in [0, 0.1) is 5.92 Å². The first-order valence-corrected chi connectivity index (χ1v) is 12.4. The van der Waals surface area contributed by atoms with E-state index in [-0.39, 0.29) is 12.3 Å². The lowest BCUT2D eigenvalue weighted by atomic mass is 10.0. The highest BCUT2D eigenvalue weighted by Gasteiger charge is 2.32. The van der Waals surface area contributed by atoms with Crippen LogP contribution in [0.15, 0.2) is 18.2 Å². The summed E-state index contributed by atoms with van der Waals surface area (Å²) in [5.74, 6) is 0.482. The van der Waals surface area contributed by atoms with Gasteiger partial charge in [0.25, 0.3) is 0 Å². The van der Waals surface area contributed by atoms with Crippen molar-refractivity contribution in [2.45, 2.75) is 72.8 Å². The number of rotatable bonds is 14. The Morgan fingerprint density at radius 3 is 2.17 bits per heavy atom. The van der Waals surface area contributed by atoms with Crippen molar-refractivity contribution in [2.75, 3.05) is 20.1 Å². The molecule has 0 radical (unpaired) electrons. The van der Waals surface area contributed by atoms with Crippen molar-refractivity contribution >= 4 is 13.5 Å². The molecule has 2 unspecified atom stereocenters. The second kappa shape index (κ2) is 13.0. The Balaban J connectivity index is 3.04. The minimum atomic E-state index is -3.48. The maximum Gasteiger partial charge on any atom is 0.342 e. The Morgan fingerprint density at radius 2 is 1.69 bits per heavy atom. The van der Waals surface area contributed by atoms with Gasteiger partial charge in [0.1, 0.15) is 18.1 Å². The van der Waals surface area contributed by atoms with Crippen LogP contribution in [0.2, 0.25) is 0 Å². The second-order valence-electron chi connectivity index (χ2n) is 7.58. The smallest absolute Gasteiger partial charge is 0.342 e. The number of methoxy groups -OCH3 is 1. The van der Waals surface area contributed by atoms with Crippen molar-refractivity contribution in [1.29, 1.82) is 0 Å². The summed E-state index contributed by atoms with van der Waals surface area (Å²) in [5, 5.41) is 2.86. The molecule has 1 aromatic rings. The summed E-state index contributed by atoms with van der Waals surface area (Å²) in [6.45, 7) is 10.2. The number of hydrogen-bond donors (Lipinski definition) is 1. The van der Waals surface area contributed by atoms with Crippen LogP contribution in [0.5, 0.6) is 5.75 Å². The molecule has 1 aromatic carbocycles. The van der Waals surface area contributed by atoms with Gasteiger partial charge >= 0.3 is 13.5 Å². The van der Waals surface area contributed by atoms with Crippen molar-refractivity contribution in [3.8, 4) is 5.75 Å². The number of nitrogens with one attached hydrogen (secondary N) is 1. The highest BCUT2D eigenvalue weighted by molar-refractivity contribution is 7.57. The van der Waals surface area contributed by atoms with Gasteiger partial charge < -0.3 is 14.0 Å². The number of esters is 1. The summed E-state index contributed by atoms with van der Waals surface area (Å²) in [5.41, 5.74) is 2.03. The fourth-order valence-corrected chi connectivity index (χ4v) is 4.65. The fraction of sp³-hybridized carbons (Fsp3) is 0.682. The zero-order valence-electron chi connectivity index (χ0n) is 18.8. The molecular formula is C22H38NO5P. The maximum absolute atomic E-state index is 13.5. The first-order valence-electron chi connectivity index (χ1n) is 10.6. The molecule has 3 atom stereocenters. The molecule has 0 aliphatic rings. The SMILES string of the molecule is CCCc1cccc(CCC)c1OP(=O)(COC)N[C@@H](C)C(=O)OCC(C)CC. The normalized spacial score (nSPS) is 15.4. The molecule has 0 fully saturated rings. The number of benzene rings is 1. The lowest BCUT2D eigenvalue weighted by Gasteiger charge is -2.25. The van der Waals surface area contributed by atoms with E-state index < -0.39 is 19.5 Å². The summed E-state index contributed by atoms with van der Waals surface area (Å²) < 4.78 is 30.1. The van der Waals surface area contributed by atoms with Crippen molar-refractivity contribution in [2.24, 2.45) is 5.92 Å². The lowest BCUT2D eigenvalue weighted by molar-refractivity contribution is -0.146. The first kappa shape index (κ1) is 25.7. The van der Waals surface area contributed by atoms with Crippen LogP contribution in [0.25, 0.3) is 0 Å². The summed E-state index contributed by atoms with van der Waals surface area (Å²) in [7, 11) is -2.01. The van der Waals surface area contributed by atoms with E-state index in [4.69, 9.17) is 14.0 Å². The van der Waals surface area contributed by atoms with E-state index in [1.807, 2.05) is 32.0 Å². The van der Waals surface area contributed by atoms with Gasteiger partial charge in [-0.25, -0.2) is 5.09 Å². The molecule has 0 heterocycles. The van der Waals surface area contributed by atoms with Gasteiger partial charge in [0.15, 0.2) is 0 Å². The third-order valence-corrected chi connectivity index (χ3v) is 6.56. The summed E-state index contributed by atoms with van der Waals surface area (Å²) in [6, 6.07) is 5.23. The number of hydrogen-bond acceptors (Lipinski definition) is 5. The molecule has 29 heavy (non-hydrogen) atoms. The maximum atomic E-state index is 13.5. The quantitative estimate of drug-likeness (QED) is 0.319. The van der Waals surface area contributed by atoms with Crippen LogP contribution in [0.4, 0.5) is 0 Å². The Labute approximate surface area is 176 Å². The monoisotopic (exact) mass is 427 g/mol. The molecule has 0 saturated heterocycles. The summed E-state index contributed by atoms with van der Waals surface area (Å²) >= 11 is 0. The van der Waals surface area contributed by atoms with Gasteiger partial charge in [-0.1, -0.05) is 65.2 Å². The van der Waals surface area contributed by atoms with Crippen LogP contribution < -0.4 is 9.61 Å². The number of ether oxygens (including phenoxy) is 2. The molecule has 0 amide bonds. The largest absolute Gasteiger partial charge is 0.464 e. The van der Waals surface area contributed by atoms with Gasteiger partial charge in [-0.05, 0) is 36.8 Å². The minimum Gasteiger partial charge on any atom is -0.464 e. The van der Waals surface area contributed by atoms with Crippen LogP contribution in [-0.2, 0) is 31.7 Å². The van der Waals surface area contributed by atoms with Crippen LogP contribution in [-0.4, -0.2) is 32.1 Å². The van der Waals surface area contributed by atoms with Gasteiger partial charge in [0, 0.05) is 7.11 Å². The van der Waals surface area contributed by atoms with Crippen molar-refractivity contribution in [3.05, 3.63) is 29.3 Å². The molecule has 0 saturated carbocycles. The Morgan fingerprint density at radius 1 is 1.10 bits per heavy atom. The molecule has 0 bridgehead atoms. The average molecular weight is 428 g/mol. The Bertz CT molecular complexity index is 655. The van der Waals surface area contributed by atoms with Gasteiger partial charge in [0.2, 0.25) is 0 Å². The molecule has 0 aromatic heterocycles. The number of para-hydroxylation sites is 1. The van der Waals surface area contributed by atoms with E-state index in [1.165, 1.54) is 7.11 Å². The highest BCUT2D eigenvalue weighted by atomic mass is 31.2. The minimum absolute atomic E-state index is 0.137. The summed E-state index contributed by atoms with van der Waals surface area (Å²) in [6.07, 6.45) is 4.34. The number of carbonyl (C=O) groups excluding carboxylic acids is 1. The Kier molecular flexibility index (Phi) is 11.6. The summed E-state index contributed by atoms with van der Waals surface area (Å²) in [4.78, 5) is 12.3. The van der Waals surface area contributed by atoms with Crippen molar-refractivity contribution < 1.29 is 23.4 Å². The standard InChI is InChI=1S/C22H38NO5P/c1-7-11-19-13-10-14-20(12-8-2)21(19)28-29(25,16-26-6)23-18(5)22(24)27-15-17(4)9-3/h10,13-14,17-18H,7-9,11-12,15-16H2,1-6H3,(H,23,25)/t17?,18-,29?/m0/s1. The molecule has 1 rings (SSSR count).